The number of carbonyl (C=O) groups excluding carboxylic acids is 2. The predicted octanol–water partition coefficient (Wildman–Crippen LogP) is 5.43. The Morgan fingerprint density at radius 3 is 2.12 bits per heavy atom. The van der Waals surface area contributed by atoms with Crippen molar-refractivity contribution in [3.05, 3.63) is 53.7 Å². The number of nitrogens with one attached hydrogen (secondary N) is 1. The van der Waals surface area contributed by atoms with Crippen LogP contribution in [-0.4, -0.2) is 71.4 Å². The van der Waals surface area contributed by atoms with E-state index in [9.17, 15) is 22.8 Å². The highest BCUT2D eigenvalue weighted by Gasteiger charge is 2.39. The van der Waals surface area contributed by atoms with Crippen molar-refractivity contribution < 1.29 is 22.8 Å². The first-order valence-corrected chi connectivity index (χ1v) is 14.5. The van der Waals surface area contributed by atoms with Gasteiger partial charge in [0, 0.05) is 61.6 Å². The summed E-state index contributed by atoms with van der Waals surface area (Å²) in [4.78, 5) is 36.9. The van der Waals surface area contributed by atoms with E-state index in [-0.39, 0.29) is 23.8 Å². The van der Waals surface area contributed by atoms with Gasteiger partial charge < -0.3 is 20.0 Å². The van der Waals surface area contributed by atoms with E-state index in [4.69, 9.17) is 0 Å². The summed E-state index contributed by atoms with van der Waals surface area (Å²) in [6.07, 6.45) is 2.93. The largest absolute Gasteiger partial charge is 0.417 e. The maximum absolute atomic E-state index is 13.5. The van der Waals surface area contributed by atoms with Crippen LogP contribution < -0.4 is 10.2 Å². The highest BCUT2D eigenvalue weighted by atomic mass is 19.4. The van der Waals surface area contributed by atoms with Gasteiger partial charge in [0.1, 0.15) is 5.82 Å². The summed E-state index contributed by atoms with van der Waals surface area (Å²) in [5.41, 5.74) is 0.531. The van der Waals surface area contributed by atoms with Crippen molar-refractivity contribution in [2.24, 2.45) is 5.92 Å². The molecule has 0 unspecified atom stereocenters. The molecule has 2 saturated heterocycles. The third kappa shape index (κ3) is 6.77. The summed E-state index contributed by atoms with van der Waals surface area (Å²) in [5.74, 6) is 0.283. The number of likely N-dealkylation sites (tertiary alicyclic amines) is 1. The summed E-state index contributed by atoms with van der Waals surface area (Å²) in [5, 5.41) is 2.97. The first kappa shape index (κ1) is 28.4. The number of benzene rings is 1. The number of anilines is 2. The second-order valence-corrected chi connectivity index (χ2v) is 11.2. The van der Waals surface area contributed by atoms with Crippen molar-refractivity contribution in [2.75, 3.05) is 42.9 Å². The van der Waals surface area contributed by atoms with Crippen LogP contribution in [0.2, 0.25) is 0 Å². The smallest absolute Gasteiger partial charge is 0.357 e. The molecule has 0 radical (unpaired) electrons. The first-order valence-electron chi connectivity index (χ1n) is 14.5. The Labute approximate surface area is 233 Å². The molecule has 0 spiro atoms. The average molecular weight is 558 g/mol. The van der Waals surface area contributed by atoms with Gasteiger partial charge in [-0.1, -0.05) is 6.92 Å². The van der Waals surface area contributed by atoms with Crippen molar-refractivity contribution in [3.63, 3.8) is 0 Å². The van der Waals surface area contributed by atoms with Crippen molar-refractivity contribution >= 4 is 23.3 Å². The molecule has 1 aromatic heterocycles. The molecule has 0 atom stereocenters. The van der Waals surface area contributed by atoms with Crippen LogP contribution in [0.1, 0.15) is 67.8 Å². The lowest BCUT2D eigenvalue weighted by molar-refractivity contribution is -0.137. The van der Waals surface area contributed by atoms with Crippen molar-refractivity contribution in [2.45, 2.75) is 70.1 Å². The fraction of sp³-hybridized carbons (Fsp3) is 0.567. The normalized spacial score (nSPS) is 19.4. The van der Waals surface area contributed by atoms with E-state index in [1.807, 2.05) is 4.90 Å². The van der Waals surface area contributed by atoms with Crippen LogP contribution in [0, 0.1) is 5.92 Å². The Bertz CT molecular complexity index is 1150. The zero-order valence-electron chi connectivity index (χ0n) is 23.0. The standard InChI is InChI=1S/C30H38F3N5O2/c1-2-15-36-16-13-26(14-17-36)38(25-8-9-25)29(40)22-3-6-24(7-4-22)35-28(39)21-11-18-37(19-12-21)27-10-5-23(20-34-27)30(31,32)33/h3-7,10,20-21,25-26H,2,8-9,11-19H2,1H3,(H,35,39). The Balaban J connectivity index is 1.12. The maximum Gasteiger partial charge on any atom is 0.417 e. The number of amides is 2. The van der Waals surface area contributed by atoms with Gasteiger partial charge in [0.25, 0.3) is 5.91 Å². The summed E-state index contributed by atoms with van der Waals surface area (Å²) < 4.78 is 38.4. The van der Waals surface area contributed by atoms with Crippen LogP contribution in [-0.2, 0) is 11.0 Å². The van der Waals surface area contributed by atoms with Gasteiger partial charge in [0.15, 0.2) is 0 Å². The fourth-order valence-electron chi connectivity index (χ4n) is 5.92. The van der Waals surface area contributed by atoms with Gasteiger partial charge in [-0.25, -0.2) is 4.98 Å². The molecule has 1 N–H and O–H groups in total. The van der Waals surface area contributed by atoms with Crippen LogP contribution >= 0.6 is 0 Å². The fourth-order valence-corrected chi connectivity index (χ4v) is 5.92. The lowest BCUT2D eigenvalue weighted by atomic mass is 9.95. The Kier molecular flexibility index (Phi) is 8.63. The number of nitrogens with zero attached hydrogens (tertiary/aromatic N) is 4. The molecule has 1 aromatic carbocycles. The Morgan fingerprint density at radius 1 is 0.925 bits per heavy atom. The van der Waals surface area contributed by atoms with Gasteiger partial charge in [-0.05, 0) is 87.9 Å². The van der Waals surface area contributed by atoms with Crippen LogP contribution in [0.4, 0.5) is 24.7 Å². The van der Waals surface area contributed by atoms with E-state index >= 15 is 0 Å². The minimum atomic E-state index is -4.41. The molecule has 3 heterocycles. The van der Waals surface area contributed by atoms with Crippen molar-refractivity contribution in [3.8, 4) is 0 Å². The summed E-state index contributed by atoms with van der Waals surface area (Å²) >= 11 is 0. The lowest BCUT2D eigenvalue weighted by Crippen LogP contribution is -2.48. The summed E-state index contributed by atoms with van der Waals surface area (Å²) in [7, 11) is 0. The van der Waals surface area contributed by atoms with Crippen molar-refractivity contribution in [1.29, 1.82) is 0 Å². The molecule has 0 bridgehead atoms. The number of hydrogen-bond acceptors (Lipinski definition) is 5. The predicted molar refractivity (Wildman–Crippen MR) is 148 cm³/mol. The van der Waals surface area contributed by atoms with Gasteiger partial charge in [-0.15, -0.1) is 0 Å². The van der Waals surface area contributed by atoms with E-state index in [1.54, 1.807) is 24.3 Å². The van der Waals surface area contributed by atoms with E-state index in [1.165, 1.54) is 6.07 Å². The second kappa shape index (κ2) is 12.2. The molecular formula is C30H38F3N5O2. The molecule has 5 rings (SSSR count). The first-order chi connectivity index (χ1) is 19.2. The molecule has 2 amide bonds. The average Bonchev–Trinajstić information content (AvgIpc) is 3.79. The molecule has 7 nitrogen and oxygen atoms in total. The maximum atomic E-state index is 13.5. The van der Waals surface area contributed by atoms with E-state index in [0.29, 0.717) is 49.0 Å². The van der Waals surface area contributed by atoms with E-state index in [0.717, 1.165) is 64.0 Å². The van der Waals surface area contributed by atoms with Gasteiger partial charge in [0.2, 0.25) is 5.91 Å². The third-order valence-corrected chi connectivity index (χ3v) is 8.33. The number of piperidine rings is 2. The molecule has 1 aliphatic carbocycles. The number of rotatable bonds is 8. The minimum Gasteiger partial charge on any atom is -0.357 e. The molecule has 2 aromatic rings. The zero-order valence-corrected chi connectivity index (χ0v) is 23.0. The highest BCUT2D eigenvalue weighted by molar-refractivity contribution is 5.96. The van der Waals surface area contributed by atoms with Crippen molar-refractivity contribution in [1.82, 2.24) is 14.8 Å². The lowest BCUT2D eigenvalue weighted by Gasteiger charge is -2.39. The zero-order chi connectivity index (χ0) is 28.3. The number of aromatic nitrogens is 1. The number of halogens is 3. The molecule has 216 valence electrons. The molecule has 2 aliphatic heterocycles. The number of alkyl halides is 3. The van der Waals surface area contributed by atoms with Crippen LogP contribution in [0.3, 0.4) is 0 Å². The van der Waals surface area contributed by atoms with Gasteiger partial charge in [-0.2, -0.15) is 13.2 Å². The summed E-state index contributed by atoms with van der Waals surface area (Å²) in [6.45, 7) is 6.48. The van der Waals surface area contributed by atoms with Crippen LogP contribution in [0.25, 0.3) is 0 Å². The minimum absolute atomic E-state index is 0.0820. The molecule has 1 saturated carbocycles. The molecule has 10 heteroatoms. The Hall–Kier alpha value is -3.14. The number of pyridine rings is 1. The molecular weight excluding hydrogens is 519 g/mol. The SMILES string of the molecule is CCCN1CCC(N(C(=O)c2ccc(NC(=O)C3CCN(c4ccc(C(F)(F)F)cn4)CC3)cc2)C2CC2)CC1. The Morgan fingerprint density at radius 2 is 1.57 bits per heavy atom. The van der Waals surface area contributed by atoms with E-state index in [2.05, 4.69) is 27.0 Å². The van der Waals surface area contributed by atoms with E-state index < -0.39 is 11.7 Å². The second-order valence-electron chi connectivity index (χ2n) is 11.2. The third-order valence-electron chi connectivity index (χ3n) is 8.33. The van der Waals surface area contributed by atoms with Gasteiger partial charge in [0.05, 0.1) is 5.56 Å². The monoisotopic (exact) mass is 557 g/mol. The van der Waals surface area contributed by atoms with Crippen LogP contribution in [0.15, 0.2) is 42.6 Å². The van der Waals surface area contributed by atoms with Gasteiger partial charge >= 0.3 is 6.18 Å². The molecule has 40 heavy (non-hydrogen) atoms. The van der Waals surface area contributed by atoms with Gasteiger partial charge in [-0.3, -0.25) is 9.59 Å². The topological polar surface area (TPSA) is 68.8 Å². The highest BCUT2D eigenvalue weighted by Crippen LogP contribution is 2.34. The summed E-state index contributed by atoms with van der Waals surface area (Å²) in [6, 6.07) is 10.2. The number of hydrogen-bond donors (Lipinski definition) is 1. The van der Waals surface area contributed by atoms with Crippen LogP contribution in [0.5, 0.6) is 0 Å². The number of carbonyl (C=O) groups is 2. The quantitative estimate of drug-likeness (QED) is 0.469. The molecule has 3 fully saturated rings. The molecule has 3 aliphatic rings.